The van der Waals surface area contributed by atoms with Crippen LogP contribution < -0.4 is 5.56 Å². The number of aryl methyl sites for hydroxylation is 1. The van der Waals surface area contributed by atoms with Crippen LogP contribution in [0.15, 0.2) is 4.79 Å². The van der Waals surface area contributed by atoms with Crippen molar-refractivity contribution in [1.29, 1.82) is 0 Å². The summed E-state index contributed by atoms with van der Waals surface area (Å²) in [5.41, 5.74) is 1.04. The molecule has 0 spiro atoms. The van der Waals surface area contributed by atoms with Crippen LogP contribution in [0.5, 0.6) is 0 Å². The first-order valence-electron chi connectivity index (χ1n) is 7.79. The molecule has 0 amide bonds. The zero-order valence-electron chi connectivity index (χ0n) is 13.1. The van der Waals surface area contributed by atoms with Gasteiger partial charge in [-0.15, -0.1) is 11.3 Å². The molecule has 0 saturated carbocycles. The average molecular weight is 320 g/mol. The Morgan fingerprint density at radius 1 is 1.45 bits per heavy atom. The van der Waals surface area contributed by atoms with Crippen molar-refractivity contribution in [2.24, 2.45) is 5.92 Å². The maximum Gasteiger partial charge on any atom is 0.374 e. The molecular weight excluding hydrogens is 300 g/mol. The van der Waals surface area contributed by atoms with Crippen LogP contribution in [0.1, 0.15) is 48.3 Å². The van der Waals surface area contributed by atoms with E-state index < -0.39 is 5.97 Å². The number of nitrogens with zero attached hydrogens (tertiary/aromatic N) is 2. The molecule has 0 aromatic carbocycles. The molecule has 0 aliphatic heterocycles. The van der Waals surface area contributed by atoms with E-state index in [1.165, 1.54) is 9.44 Å². The molecule has 1 aliphatic carbocycles. The molecule has 0 radical (unpaired) electrons. The SMILES string of the molecule is CCOC(=O)c1nc2sc3c(c2c(=O)n1CC)CCC(C)C3. The van der Waals surface area contributed by atoms with Crippen molar-refractivity contribution in [3.63, 3.8) is 0 Å². The van der Waals surface area contributed by atoms with E-state index >= 15 is 0 Å². The van der Waals surface area contributed by atoms with Crippen LogP contribution in [0.4, 0.5) is 0 Å². The highest BCUT2D eigenvalue weighted by molar-refractivity contribution is 7.18. The van der Waals surface area contributed by atoms with Crippen molar-refractivity contribution in [3.8, 4) is 0 Å². The summed E-state index contributed by atoms with van der Waals surface area (Å²) >= 11 is 1.55. The summed E-state index contributed by atoms with van der Waals surface area (Å²) in [6.45, 7) is 6.51. The van der Waals surface area contributed by atoms with Crippen molar-refractivity contribution in [2.45, 2.75) is 46.6 Å². The Hall–Kier alpha value is -1.69. The third-order valence-electron chi connectivity index (χ3n) is 4.19. The molecule has 0 bridgehead atoms. The number of hydrogen-bond acceptors (Lipinski definition) is 5. The topological polar surface area (TPSA) is 61.2 Å². The highest BCUT2D eigenvalue weighted by Crippen LogP contribution is 2.35. The Bertz CT molecular complexity index is 791. The number of carbonyl (C=O) groups excluding carboxylic acids is 1. The van der Waals surface area contributed by atoms with Crippen molar-refractivity contribution >= 4 is 27.5 Å². The monoisotopic (exact) mass is 320 g/mol. The quantitative estimate of drug-likeness (QED) is 0.816. The van der Waals surface area contributed by atoms with Crippen LogP contribution in [0.3, 0.4) is 0 Å². The van der Waals surface area contributed by atoms with Gasteiger partial charge in [0.05, 0.1) is 12.0 Å². The molecule has 2 aromatic rings. The molecule has 0 saturated heterocycles. The van der Waals surface area contributed by atoms with E-state index in [-0.39, 0.29) is 18.0 Å². The fourth-order valence-electron chi connectivity index (χ4n) is 3.07. The van der Waals surface area contributed by atoms with Gasteiger partial charge in [-0.3, -0.25) is 9.36 Å². The zero-order chi connectivity index (χ0) is 15.9. The van der Waals surface area contributed by atoms with Gasteiger partial charge in [0.1, 0.15) is 4.83 Å². The van der Waals surface area contributed by atoms with Crippen molar-refractivity contribution in [3.05, 3.63) is 26.6 Å². The van der Waals surface area contributed by atoms with Gasteiger partial charge < -0.3 is 4.74 Å². The number of aromatic nitrogens is 2. The number of esters is 1. The van der Waals surface area contributed by atoms with Crippen LogP contribution in [-0.2, 0) is 24.1 Å². The summed E-state index contributed by atoms with van der Waals surface area (Å²) in [4.78, 5) is 31.3. The molecular formula is C16H20N2O3S. The van der Waals surface area contributed by atoms with Crippen LogP contribution in [0, 0.1) is 5.92 Å². The summed E-state index contributed by atoms with van der Waals surface area (Å²) in [5.74, 6) is 0.232. The summed E-state index contributed by atoms with van der Waals surface area (Å²) < 4.78 is 6.47. The van der Waals surface area contributed by atoms with E-state index in [0.717, 1.165) is 24.8 Å². The number of fused-ring (bicyclic) bond motifs is 3. The van der Waals surface area contributed by atoms with Crippen LogP contribution >= 0.6 is 11.3 Å². The lowest BCUT2D eigenvalue weighted by atomic mass is 9.89. The predicted molar refractivity (Wildman–Crippen MR) is 86.7 cm³/mol. The molecule has 5 nitrogen and oxygen atoms in total. The second kappa shape index (κ2) is 5.83. The fourth-order valence-corrected chi connectivity index (χ4v) is 4.44. The Balaban J connectivity index is 2.24. The van der Waals surface area contributed by atoms with Crippen molar-refractivity contribution in [2.75, 3.05) is 6.61 Å². The average Bonchev–Trinajstić information content (AvgIpc) is 2.84. The van der Waals surface area contributed by atoms with Gasteiger partial charge in [-0.25, -0.2) is 9.78 Å². The molecule has 1 atom stereocenters. The Morgan fingerprint density at radius 3 is 2.91 bits per heavy atom. The minimum atomic E-state index is -0.525. The van der Waals surface area contributed by atoms with Gasteiger partial charge in [0.25, 0.3) is 5.56 Å². The Kier molecular flexibility index (Phi) is 4.04. The number of thiophene rings is 1. The van der Waals surface area contributed by atoms with Gasteiger partial charge in [-0.05, 0) is 44.6 Å². The molecule has 2 heterocycles. The van der Waals surface area contributed by atoms with Crippen molar-refractivity contribution < 1.29 is 9.53 Å². The molecule has 2 aromatic heterocycles. The Labute approximate surface area is 132 Å². The largest absolute Gasteiger partial charge is 0.460 e. The lowest BCUT2D eigenvalue weighted by Gasteiger charge is -2.17. The van der Waals surface area contributed by atoms with E-state index in [9.17, 15) is 9.59 Å². The predicted octanol–water partition coefficient (Wildman–Crippen LogP) is 2.78. The first kappa shape index (κ1) is 15.2. The minimum Gasteiger partial charge on any atom is -0.460 e. The van der Waals surface area contributed by atoms with Crippen LogP contribution in [-0.4, -0.2) is 22.1 Å². The van der Waals surface area contributed by atoms with Gasteiger partial charge in [0.2, 0.25) is 5.82 Å². The first-order chi connectivity index (χ1) is 10.6. The van der Waals surface area contributed by atoms with Crippen molar-refractivity contribution in [1.82, 2.24) is 9.55 Å². The number of ether oxygens (including phenoxy) is 1. The highest BCUT2D eigenvalue weighted by Gasteiger charge is 2.26. The second-order valence-electron chi connectivity index (χ2n) is 5.74. The minimum absolute atomic E-state index is 0.109. The van der Waals surface area contributed by atoms with Gasteiger partial charge in [-0.2, -0.15) is 0 Å². The highest BCUT2D eigenvalue weighted by atomic mass is 32.1. The molecule has 0 N–H and O–H groups in total. The number of rotatable bonds is 3. The van der Waals surface area contributed by atoms with E-state index in [2.05, 4.69) is 11.9 Å². The summed E-state index contributed by atoms with van der Waals surface area (Å²) in [6, 6.07) is 0. The van der Waals surface area contributed by atoms with Crippen LogP contribution in [0.2, 0.25) is 0 Å². The van der Waals surface area contributed by atoms with Crippen LogP contribution in [0.25, 0.3) is 10.2 Å². The maximum absolute atomic E-state index is 12.8. The lowest BCUT2D eigenvalue weighted by Crippen LogP contribution is -2.28. The van der Waals surface area contributed by atoms with E-state index in [1.54, 1.807) is 18.3 Å². The molecule has 1 unspecified atom stereocenters. The fraction of sp³-hybridized carbons (Fsp3) is 0.562. The third kappa shape index (κ3) is 2.35. The number of hydrogen-bond donors (Lipinski definition) is 0. The molecule has 22 heavy (non-hydrogen) atoms. The third-order valence-corrected chi connectivity index (χ3v) is 5.34. The second-order valence-corrected chi connectivity index (χ2v) is 6.82. The summed E-state index contributed by atoms with van der Waals surface area (Å²) in [7, 11) is 0. The van der Waals surface area contributed by atoms with Gasteiger partial charge in [-0.1, -0.05) is 6.92 Å². The van der Waals surface area contributed by atoms with Gasteiger partial charge >= 0.3 is 5.97 Å². The Morgan fingerprint density at radius 2 is 2.23 bits per heavy atom. The molecule has 3 rings (SSSR count). The standard InChI is InChI=1S/C16H20N2O3S/c1-4-18-13(16(20)21-5-2)17-14-12(15(18)19)10-7-6-9(3)8-11(10)22-14/h9H,4-8H2,1-3H3. The molecule has 1 aliphatic rings. The molecule has 6 heteroatoms. The summed E-state index contributed by atoms with van der Waals surface area (Å²) in [5, 5.41) is 0.710. The van der Waals surface area contributed by atoms with E-state index in [1.807, 2.05) is 6.92 Å². The zero-order valence-corrected chi connectivity index (χ0v) is 14.0. The molecule has 118 valence electrons. The molecule has 0 fully saturated rings. The number of carbonyl (C=O) groups is 1. The normalized spacial score (nSPS) is 17.5. The summed E-state index contributed by atoms with van der Waals surface area (Å²) in [6.07, 6.45) is 3.02. The first-order valence-corrected chi connectivity index (χ1v) is 8.60. The smallest absolute Gasteiger partial charge is 0.374 e. The maximum atomic E-state index is 12.8. The van der Waals surface area contributed by atoms with Gasteiger partial charge in [0, 0.05) is 11.4 Å². The lowest BCUT2D eigenvalue weighted by molar-refractivity contribution is 0.0504. The van der Waals surface area contributed by atoms with E-state index in [4.69, 9.17) is 4.74 Å². The van der Waals surface area contributed by atoms with Gasteiger partial charge in [0.15, 0.2) is 0 Å². The van der Waals surface area contributed by atoms with E-state index in [0.29, 0.717) is 22.7 Å².